The Labute approximate surface area is 173 Å². The van der Waals surface area contributed by atoms with Crippen LogP contribution in [0.1, 0.15) is 41.1 Å². The number of benzene rings is 2. The van der Waals surface area contributed by atoms with Gasteiger partial charge in [0.25, 0.3) is 0 Å². The van der Waals surface area contributed by atoms with Crippen molar-refractivity contribution in [2.75, 3.05) is 11.9 Å². The number of phenolic OH excluding ortho intramolecular Hbond substituents is 1. The molecule has 30 heavy (non-hydrogen) atoms. The standard InChI is InChI=1S/C23H22F3N3O/c1-14-11-19(9-10-20(14)30)29(2)13-17-12-27-22(28-21(17)15-3-4-15)16-5-7-18(8-6-16)23(24,25)26/h5-12,15,30H,3-4,13H2,1-2H3. The molecule has 0 amide bonds. The van der Waals surface area contributed by atoms with Gasteiger partial charge in [-0.15, -0.1) is 0 Å². The number of halogens is 3. The second-order valence-corrected chi connectivity index (χ2v) is 7.78. The van der Waals surface area contributed by atoms with E-state index in [9.17, 15) is 18.3 Å². The third-order valence-corrected chi connectivity index (χ3v) is 5.36. The Kier molecular flexibility index (Phi) is 5.13. The molecule has 3 aromatic rings. The summed E-state index contributed by atoms with van der Waals surface area (Å²) in [6.07, 6.45) is -0.478. The highest BCUT2D eigenvalue weighted by Crippen LogP contribution is 2.41. The van der Waals surface area contributed by atoms with Crippen molar-refractivity contribution in [3.63, 3.8) is 0 Å². The first kappa shape index (κ1) is 20.2. The zero-order chi connectivity index (χ0) is 21.5. The molecule has 1 N–H and O–H groups in total. The van der Waals surface area contributed by atoms with Gasteiger partial charge in [-0.05, 0) is 55.7 Å². The second kappa shape index (κ2) is 7.63. The van der Waals surface area contributed by atoms with Crippen LogP contribution in [-0.2, 0) is 12.7 Å². The molecule has 4 rings (SSSR count). The van der Waals surface area contributed by atoms with E-state index < -0.39 is 11.7 Å². The van der Waals surface area contributed by atoms with E-state index in [2.05, 4.69) is 9.88 Å². The summed E-state index contributed by atoms with van der Waals surface area (Å²) in [5.74, 6) is 1.07. The summed E-state index contributed by atoms with van der Waals surface area (Å²) in [6.45, 7) is 2.45. The lowest BCUT2D eigenvalue weighted by Crippen LogP contribution is -2.18. The molecule has 1 fully saturated rings. The van der Waals surface area contributed by atoms with Crippen LogP contribution < -0.4 is 4.90 Å². The number of nitrogens with zero attached hydrogens (tertiary/aromatic N) is 3. The van der Waals surface area contributed by atoms with Gasteiger partial charge in [-0.2, -0.15) is 13.2 Å². The minimum atomic E-state index is -4.36. The minimum Gasteiger partial charge on any atom is -0.508 e. The van der Waals surface area contributed by atoms with Crippen LogP contribution in [0.2, 0.25) is 0 Å². The molecular formula is C23H22F3N3O. The van der Waals surface area contributed by atoms with Gasteiger partial charge in [-0.25, -0.2) is 9.97 Å². The monoisotopic (exact) mass is 413 g/mol. The highest BCUT2D eigenvalue weighted by atomic mass is 19.4. The average molecular weight is 413 g/mol. The highest BCUT2D eigenvalue weighted by Gasteiger charge is 2.31. The Morgan fingerprint density at radius 3 is 2.40 bits per heavy atom. The molecule has 1 heterocycles. The average Bonchev–Trinajstić information content (AvgIpc) is 3.55. The fraction of sp³-hybridized carbons (Fsp3) is 0.304. The molecule has 4 nitrogen and oxygen atoms in total. The maximum absolute atomic E-state index is 12.8. The molecule has 0 bridgehead atoms. The SMILES string of the molecule is Cc1cc(N(C)Cc2cnc(-c3ccc(C(F)(F)F)cc3)nc2C2CC2)ccc1O. The van der Waals surface area contributed by atoms with E-state index >= 15 is 0 Å². The van der Waals surface area contributed by atoms with Crippen LogP contribution >= 0.6 is 0 Å². The highest BCUT2D eigenvalue weighted by molar-refractivity contribution is 5.57. The zero-order valence-corrected chi connectivity index (χ0v) is 16.7. The number of alkyl halides is 3. The molecule has 7 heteroatoms. The third-order valence-electron chi connectivity index (χ3n) is 5.36. The van der Waals surface area contributed by atoms with E-state index in [1.54, 1.807) is 12.3 Å². The van der Waals surface area contributed by atoms with E-state index in [4.69, 9.17) is 4.98 Å². The molecule has 2 aromatic carbocycles. The van der Waals surface area contributed by atoms with Gasteiger partial charge < -0.3 is 10.0 Å². The fourth-order valence-electron chi connectivity index (χ4n) is 3.42. The van der Waals surface area contributed by atoms with E-state index in [-0.39, 0.29) is 5.75 Å². The largest absolute Gasteiger partial charge is 0.508 e. The van der Waals surface area contributed by atoms with Crippen LogP contribution in [0.25, 0.3) is 11.4 Å². The van der Waals surface area contributed by atoms with Gasteiger partial charge in [0.05, 0.1) is 11.3 Å². The van der Waals surface area contributed by atoms with Crippen molar-refractivity contribution in [2.45, 2.75) is 38.4 Å². The van der Waals surface area contributed by atoms with Crippen LogP contribution in [0.5, 0.6) is 5.75 Å². The van der Waals surface area contributed by atoms with Gasteiger partial charge in [0.2, 0.25) is 0 Å². The van der Waals surface area contributed by atoms with Crippen molar-refractivity contribution >= 4 is 5.69 Å². The lowest BCUT2D eigenvalue weighted by molar-refractivity contribution is -0.137. The Bertz CT molecular complexity index is 1060. The number of aryl methyl sites for hydroxylation is 1. The van der Waals surface area contributed by atoms with Crippen molar-refractivity contribution in [3.8, 4) is 17.1 Å². The van der Waals surface area contributed by atoms with E-state index in [1.165, 1.54) is 12.1 Å². The van der Waals surface area contributed by atoms with Crippen LogP contribution in [-0.4, -0.2) is 22.1 Å². The molecule has 156 valence electrons. The fourth-order valence-corrected chi connectivity index (χ4v) is 3.42. The minimum absolute atomic E-state index is 0.259. The zero-order valence-electron chi connectivity index (χ0n) is 16.7. The number of aromatic hydroxyl groups is 1. The van der Waals surface area contributed by atoms with Crippen LogP contribution in [0, 0.1) is 6.92 Å². The molecule has 1 aromatic heterocycles. The summed E-state index contributed by atoms with van der Waals surface area (Å²) >= 11 is 0. The Morgan fingerprint density at radius 2 is 1.80 bits per heavy atom. The molecule has 1 aliphatic carbocycles. The number of rotatable bonds is 5. The summed E-state index contributed by atoms with van der Waals surface area (Å²) < 4.78 is 38.4. The number of phenols is 1. The maximum atomic E-state index is 12.8. The first-order valence-electron chi connectivity index (χ1n) is 9.76. The van der Waals surface area contributed by atoms with Crippen LogP contribution in [0.4, 0.5) is 18.9 Å². The smallest absolute Gasteiger partial charge is 0.416 e. The van der Waals surface area contributed by atoms with Crippen molar-refractivity contribution in [2.24, 2.45) is 0 Å². The first-order chi connectivity index (χ1) is 14.2. The third kappa shape index (κ3) is 4.25. The summed E-state index contributed by atoms with van der Waals surface area (Å²) in [7, 11) is 1.96. The predicted molar refractivity (Wildman–Crippen MR) is 109 cm³/mol. The Balaban J connectivity index is 1.60. The predicted octanol–water partition coefficient (Wildman–Crippen LogP) is 5.69. The molecule has 0 spiro atoms. The summed E-state index contributed by atoms with van der Waals surface area (Å²) in [6, 6.07) is 10.4. The van der Waals surface area contributed by atoms with E-state index in [0.29, 0.717) is 23.9 Å². The second-order valence-electron chi connectivity index (χ2n) is 7.78. The lowest BCUT2D eigenvalue weighted by atomic mass is 10.1. The lowest BCUT2D eigenvalue weighted by Gasteiger charge is -2.21. The topological polar surface area (TPSA) is 49.2 Å². The number of aromatic nitrogens is 2. The molecule has 0 unspecified atom stereocenters. The van der Waals surface area contributed by atoms with Gasteiger partial charge in [0.15, 0.2) is 5.82 Å². The summed E-state index contributed by atoms with van der Waals surface area (Å²) in [4.78, 5) is 11.2. The quantitative estimate of drug-likeness (QED) is 0.584. The Hall–Kier alpha value is -3.09. The van der Waals surface area contributed by atoms with Crippen molar-refractivity contribution in [3.05, 3.63) is 71.0 Å². The van der Waals surface area contributed by atoms with E-state index in [1.807, 2.05) is 26.1 Å². The van der Waals surface area contributed by atoms with Crippen molar-refractivity contribution in [1.82, 2.24) is 9.97 Å². The molecule has 0 aliphatic heterocycles. The van der Waals surface area contributed by atoms with Gasteiger partial charge in [-0.3, -0.25) is 0 Å². The normalized spacial score (nSPS) is 14.0. The molecule has 1 saturated carbocycles. The van der Waals surface area contributed by atoms with Gasteiger partial charge in [0, 0.05) is 42.5 Å². The number of hydrogen-bond acceptors (Lipinski definition) is 4. The summed E-state index contributed by atoms with van der Waals surface area (Å²) in [5.41, 5.74) is 3.62. The molecular weight excluding hydrogens is 391 g/mol. The van der Waals surface area contributed by atoms with Crippen LogP contribution in [0.15, 0.2) is 48.7 Å². The molecule has 0 radical (unpaired) electrons. The molecule has 1 aliphatic rings. The number of anilines is 1. The molecule has 0 atom stereocenters. The maximum Gasteiger partial charge on any atom is 0.416 e. The number of hydrogen-bond donors (Lipinski definition) is 1. The van der Waals surface area contributed by atoms with Gasteiger partial charge in [0.1, 0.15) is 5.75 Å². The Morgan fingerprint density at radius 1 is 1.10 bits per heavy atom. The molecule has 0 saturated heterocycles. The summed E-state index contributed by atoms with van der Waals surface area (Å²) in [5, 5.41) is 9.74. The first-order valence-corrected chi connectivity index (χ1v) is 9.76. The van der Waals surface area contributed by atoms with Gasteiger partial charge >= 0.3 is 6.18 Å². The van der Waals surface area contributed by atoms with Crippen molar-refractivity contribution < 1.29 is 18.3 Å². The van der Waals surface area contributed by atoms with Crippen LogP contribution in [0.3, 0.4) is 0 Å². The van der Waals surface area contributed by atoms with Crippen molar-refractivity contribution in [1.29, 1.82) is 0 Å². The van der Waals surface area contributed by atoms with Gasteiger partial charge in [-0.1, -0.05) is 12.1 Å². The van der Waals surface area contributed by atoms with E-state index in [0.717, 1.165) is 47.5 Å².